The summed E-state index contributed by atoms with van der Waals surface area (Å²) in [6, 6.07) is 15.5. The topological polar surface area (TPSA) is 46.6 Å². The van der Waals surface area contributed by atoms with Gasteiger partial charge in [0.2, 0.25) is 0 Å². The van der Waals surface area contributed by atoms with Gasteiger partial charge in [-0.2, -0.15) is 0 Å². The number of hydrogen-bond donors (Lipinski definition) is 0. The van der Waals surface area contributed by atoms with Crippen LogP contribution in [0.2, 0.25) is 5.02 Å². The molecule has 0 fully saturated rings. The Morgan fingerprint density at radius 3 is 2.27 bits per heavy atom. The van der Waals surface area contributed by atoms with Crippen molar-refractivity contribution in [3.8, 4) is 16.9 Å². The third-order valence-electron chi connectivity index (χ3n) is 5.24. The zero-order valence-electron chi connectivity index (χ0n) is 16.5. The molecule has 0 aliphatic carbocycles. The summed E-state index contributed by atoms with van der Waals surface area (Å²) in [5, 5.41) is 0.623. The van der Waals surface area contributed by atoms with Crippen molar-refractivity contribution in [2.24, 2.45) is 0 Å². The van der Waals surface area contributed by atoms with E-state index in [9.17, 15) is 14.0 Å². The molecule has 0 aromatic heterocycles. The van der Waals surface area contributed by atoms with E-state index < -0.39 is 0 Å². The maximum atomic E-state index is 13.7. The van der Waals surface area contributed by atoms with Crippen LogP contribution in [0.4, 0.5) is 4.39 Å². The Hall–Kier alpha value is -3.18. The Balaban J connectivity index is 0.000000158. The van der Waals surface area contributed by atoms with E-state index in [1.807, 2.05) is 25.1 Å². The lowest BCUT2D eigenvalue weighted by Crippen LogP contribution is -2.24. The number of aryl methyl sites for hydroxylation is 1. The Labute approximate surface area is 178 Å². The summed E-state index contributed by atoms with van der Waals surface area (Å²) in [6.45, 7) is 2.57. The zero-order valence-corrected chi connectivity index (χ0v) is 17.3. The number of benzene rings is 3. The monoisotopic (exact) mass is 423 g/mol. The van der Waals surface area contributed by atoms with Crippen LogP contribution < -0.4 is 4.74 Å². The lowest BCUT2D eigenvalue weighted by molar-refractivity contribution is 0.0693. The average molecular weight is 424 g/mol. The molecule has 0 radical (unpaired) electrons. The molecule has 0 N–H and O–H groups in total. The van der Waals surface area contributed by atoms with Crippen LogP contribution in [-0.4, -0.2) is 30.4 Å². The summed E-state index contributed by atoms with van der Waals surface area (Å²) in [4.78, 5) is 23.8. The number of ether oxygens (including phenoxy) is 1. The number of fused-ring (bicyclic) bond motifs is 2. The highest BCUT2D eigenvalue weighted by Gasteiger charge is 2.31. The van der Waals surface area contributed by atoms with E-state index >= 15 is 0 Å². The molecule has 2 aliphatic rings. The number of halogens is 2. The maximum absolute atomic E-state index is 13.7. The Kier molecular flexibility index (Phi) is 5.31. The molecule has 2 aliphatic heterocycles. The molecule has 2 amide bonds. The van der Waals surface area contributed by atoms with Crippen LogP contribution in [0.25, 0.3) is 11.1 Å². The quantitative estimate of drug-likeness (QED) is 0.499. The van der Waals surface area contributed by atoms with Crippen molar-refractivity contribution >= 4 is 23.4 Å². The van der Waals surface area contributed by atoms with Crippen LogP contribution in [0.3, 0.4) is 0 Å². The highest BCUT2D eigenvalue weighted by atomic mass is 35.5. The fraction of sp³-hybridized carbons (Fsp3) is 0.167. The standard InChI is InChI=1S/C15H12ClFO.C9H7NO2/c1-9-3-2-4-13(16)14(9)12-8-11(17)7-10-5-6-18-15(10)12;1-10-8(11)6-4-2-3-5-7(6)9(10)12/h2-4,7-8H,5-6H2,1H3;2-5H,1H3. The summed E-state index contributed by atoms with van der Waals surface area (Å²) < 4.78 is 19.3. The van der Waals surface area contributed by atoms with Gasteiger partial charge in [-0.1, -0.05) is 35.9 Å². The minimum Gasteiger partial charge on any atom is -0.492 e. The van der Waals surface area contributed by atoms with Crippen molar-refractivity contribution in [2.75, 3.05) is 13.7 Å². The predicted molar refractivity (Wildman–Crippen MR) is 114 cm³/mol. The van der Waals surface area contributed by atoms with Gasteiger partial charge in [-0.3, -0.25) is 14.5 Å². The van der Waals surface area contributed by atoms with Gasteiger partial charge < -0.3 is 4.74 Å². The number of carbonyl (C=O) groups is 2. The Morgan fingerprint density at radius 2 is 1.63 bits per heavy atom. The Morgan fingerprint density at radius 1 is 0.967 bits per heavy atom. The van der Waals surface area contributed by atoms with Crippen molar-refractivity contribution in [3.63, 3.8) is 0 Å². The molecule has 0 saturated heterocycles. The van der Waals surface area contributed by atoms with Gasteiger partial charge >= 0.3 is 0 Å². The van der Waals surface area contributed by atoms with E-state index in [4.69, 9.17) is 16.3 Å². The molecule has 3 aromatic carbocycles. The molecular formula is C24H19ClFNO3. The lowest BCUT2D eigenvalue weighted by Gasteiger charge is -2.12. The van der Waals surface area contributed by atoms with Crippen molar-refractivity contribution in [2.45, 2.75) is 13.3 Å². The van der Waals surface area contributed by atoms with Gasteiger partial charge in [-0.15, -0.1) is 0 Å². The first kappa shape index (κ1) is 20.1. The fourth-order valence-corrected chi connectivity index (χ4v) is 4.06. The largest absolute Gasteiger partial charge is 0.492 e. The molecular weight excluding hydrogens is 405 g/mol. The highest BCUT2D eigenvalue weighted by Crippen LogP contribution is 2.41. The summed E-state index contributed by atoms with van der Waals surface area (Å²) in [7, 11) is 1.49. The second kappa shape index (κ2) is 7.92. The van der Waals surface area contributed by atoms with E-state index in [0.717, 1.165) is 39.3 Å². The smallest absolute Gasteiger partial charge is 0.261 e. The minimum absolute atomic E-state index is 0.212. The van der Waals surface area contributed by atoms with Gasteiger partial charge in [0.25, 0.3) is 11.8 Å². The van der Waals surface area contributed by atoms with Crippen molar-refractivity contribution in [3.05, 3.63) is 87.7 Å². The van der Waals surface area contributed by atoms with Gasteiger partial charge in [0, 0.05) is 35.2 Å². The van der Waals surface area contributed by atoms with E-state index in [1.165, 1.54) is 19.2 Å². The van der Waals surface area contributed by atoms with Crippen LogP contribution in [0.15, 0.2) is 54.6 Å². The van der Waals surface area contributed by atoms with E-state index in [1.54, 1.807) is 24.3 Å². The van der Waals surface area contributed by atoms with E-state index in [-0.39, 0.29) is 17.6 Å². The number of nitrogens with zero attached hydrogens (tertiary/aromatic N) is 1. The minimum atomic E-state index is -0.242. The van der Waals surface area contributed by atoms with Gasteiger partial charge in [-0.05, 0) is 42.8 Å². The first-order valence-corrected chi connectivity index (χ1v) is 9.88. The molecule has 0 spiro atoms. The number of rotatable bonds is 1. The SMILES string of the molecule is CN1C(=O)c2ccccc2C1=O.Cc1cccc(Cl)c1-c1cc(F)cc2c1OCC2. The number of carbonyl (C=O) groups excluding carboxylic acids is 2. The van der Waals surface area contributed by atoms with Crippen molar-refractivity contribution in [1.82, 2.24) is 4.90 Å². The molecule has 152 valence electrons. The molecule has 5 rings (SSSR count). The number of imide groups is 1. The van der Waals surface area contributed by atoms with Crippen LogP contribution >= 0.6 is 11.6 Å². The number of amides is 2. The van der Waals surface area contributed by atoms with Gasteiger partial charge in [-0.25, -0.2) is 4.39 Å². The van der Waals surface area contributed by atoms with Gasteiger partial charge in [0.15, 0.2) is 0 Å². The van der Waals surface area contributed by atoms with Crippen LogP contribution in [0, 0.1) is 12.7 Å². The van der Waals surface area contributed by atoms with Crippen LogP contribution in [-0.2, 0) is 6.42 Å². The summed E-state index contributed by atoms with van der Waals surface area (Å²) in [5.41, 5.74) is 4.56. The first-order chi connectivity index (χ1) is 14.4. The Bertz CT molecular complexity index is 1120. The van der Waals surface area contributed by atoms with E-state index in [2.05, 4.69) is 0 Å². The average Bonchev–Trinajstić information content (AvgIpc) is 3.28. The normalized spacial score (nSPS) is 14.1. The van der Waals surface area contributed by atoms with Crippen LogP contribution in [0.5, 0.6) is 5.75 Å². The maximum Gasteiger partial charge on any atom is 0.261 e. The molecule has 0 unspecified atom stereocenters. The number of hydrogen-bond acceptors (Lipinski definition) is 3. The second-order valence-corrected chi connectivity index (χ2v) is 7.59. The van der Waals surface area contributed by atoms with E-state index in [0.29, 0.717) is 22.8 Å². The molecule has 2 heterocycles. The third kappa shape index (κ3) is 3.46. The van der Waals surface area contributed by atoms with Gasteiger partial charge in [0.1, 0.15) is 11.6 Å². The van der Waals surface area contributed by atoms with Gasteiger partial charge in [0.05, 0.1) is 17.7 Å². The van der Waals surface area contributed by atoms with Crippen molar-refractivity contribution < 1.29 is 18.7 Å². The zero-order chi connectivity index (χ0) is 21.4. The first-order valence-electron chi connectivity index (χ1n) is 9.50. The molecule has 4 nitrogen and oxygen atoms in total. The summed E-state index contributed by atoms with van der Waals surface area (Å²) >= 11 is 6.24. The molecule has 3 aromatic rings. The molecule has 30 heavy (non-hydrogen) atoms. The molecule has 0 saturated carbocycles. The summed E-state index contributed by atoms with van der Waals surface area (Å²) in [6.07, 6.45) is 0.754. The fourth-order valence-electron chi connectivity index (χ4n) is 3.74. The van der Waals surface area contributed by atoms with Crippen molar-refractivity contribution in [1.29, 1.82) is 0 Å². The lowest BCUT2D eigenvalue weighted by atomic mass is 9.97. The molecule has 0 bridgehead atoms. The summed E-state index contributed by atoms with van der Waals surface area (Å²) in [5.74, 6) is 0.104. The highest BCUT2D eigenvalue weighted by molar-refractivity contribution is 6.33. The molecule has 0 atom stereocenters. The molecule has 6 heteroatoms. The van der Waals surface area contributed by atoms with Crippen LogP contribution in [0.1, 0.15) is 31.8 Å². The third-order valence-corrected chi connectivity index (χ3v) is 5.55. The second-order valence-electron chi connectivity index (χ2n) is 7.19. The predicted octanol–water partition coefficient (Wildman–Crippen LogP) is 5.30.